The summed E-state index contributed by atoms with van der Waals surface area (Å²) in [4.78, 5) is 38.8. The predicted molar refractivity (Wildman–Crippen MR) is 70.7 cm³/mol. The highest BCUT2D eigenvalue weighted by Gasteiger charge is 2.31. The molecule has 0 amide bonds. The van der Waals surface area contributed by atoms with E-state index in [1.165, 1.54) is 13.8 Å². The zero-order valence-electron chi connectivity index (χ0n) is 11.8. The van der Waals surface area contributed by atoms with Crippen LogP contribution >= 0.6 is 0 Å². The lowest BCUT2D eigenvalue weighted by molar-refractivity contribution is -0.767. The maximum atomic E-state index is 12.2. The van der Waals surface area contributed by atoms with Gasteiger partial charge in [-0.1, -0.05) is 0 Å². The second-order valence-corrected chi connectivity index (χ2v) is 4.71. The first kappa shape index (κ1) is 17.0. The summed E-state index contributed by atoms with van der Waals surface area (Å²) in [5.74, 6) is -0.994. The Balaban J connectivity index is 2.92. The van der Waals surface area contributed by atoms with Crippen LogP contribution in [0.15, 0.2) is 22.3 Å². The van der Waals surface area contributed by atoms with Crippen molar-refractivity contribution < 1.29 is 29.7 Å². The minimum atomic E-state index is -0.914. The van der Waals surface area contributed by atoms with Gasteiger partial charge in [-0.25, -0.2) is 0 Å². The van der Waals surface area contributed by atoms with Gasteiger partial charge in [-0.15, -0.1) is 10.1 Å². The van der Waals surface area contributed by atoms with Gasteiger partial charge in [-0.05, 0) is 26.7 Å². The summed E-state index contributed by atoms with van der Waals surface area (Å²) in [7, 11) is 0. The van der Waals surface area contributed by atoms with Crippen LogP contribution in [0, 0.1) is 10.1 Å². The summed E-state index contributed by atoms with van der Waals surface area (Å²) < 4.78 is 0. The molecule has 0 radical (unpaired) electrons. The van der Waals surface area contributed by atoms with Crippen LogP contribution in [-0.2, 0) is 14.4 Å². The van der Waals surface area contributed by atoms with Gasteiger partial charge in [0.05, 0.1) is 13.2 Å². The van der Waals surface area contributed by atoms with Crippen molar-refractivity contribution in [2.75, 3.05) is 13.2 Å². The molecular formula is C13H17NO7. The molecule has 0 aromatic heterocycles. The Morgan fingerprint density at radius 3 is 2.14 bits per heavy atom. The molecule has 8 heteroatoms. The normalized spacial score (nSPS) is 17.3. The third kappa shape index (κ3) is 3.73. The molecule has 116 valence electrons. The highest BCUT2D eigenvalue weighted by Crippen LogP contribution is 2.27. The van der Waals surface area contributed by atoms with E-state index in [9.17, 15) is 24.8 Å². The fourth-order valence-electron chi connectivity index (χ4n) is 2.17. The maximum absolute atomic E-state index is 12.2. The number of ketones is 2. The second kappa shape index (κ2) is 7.09. The molecule has 1 aliphatic carbocycles. The van der Waals surface area contributed by atoms with E-state index in [0.717, 1.165) is 0 Å². The quantitative estimate of drug-likeness (QED) is 0.388. The fraction of sp³-hybridized carbons (Fsp3) is 0.538. The molecule has 1 rings (SSSR count). The van der Waals surface area contributed by atoms with Gasteiger partial charge in [-0.2, -0.15) is 0 Å². The Labute approximate surface area is 120 Å². The fourth-order valence-corrected chi connectivity index (χ4v) is 2.17. The number of Topliss-reactive ketones (excluding diaryl/α,β-unsaturated/α-hetero) is 2. The molecule has 1 atom stereocenters. The van der Waals surface area contributed by atoms with Gasteiger partial charge >= 0.3 is 0 Å². The molecule has 0 bridgehead atoms. The Kier molecular flexibility index (Phi) is 5.74. The Bertz CT molecular complexity index is 533. The summed E-state index contributed by atoms with van der Waals surface area (Å²) in [6.45, 7) is 1.68. The molecule has 1 unspecified atom stereocenters. The molecule has 21 heavy (non-hydrogen) atoms. The standard InChI is InChI=1S/C13H17NO7/c1-7(21-14(19)20)3-4-9-8(2)12(17)10(5-15)11(6-16)13(9)18/h7,15-16H,3-6H2,1-2H3. The van der Waals surface area contributed by atoms with Gasteiger partial charge in [0.1, 0.15) is 6.10 Å². The summed E-state index contributed by atoms with van der Waals surface area (Å²) >= 11 is 0. The Hall–Kier alpha value is -2.06. The van der Waals surface area contributed by atoms with Crippen molar-refractivity contribution in [3.05, 3.63) is 32.4 Å². The molecule has 0 aliphatic heterocycles. The third-order valence-corrected chi connectivity index (χ3v) is 3.36. The summed E-state index contributed by atoms with van der Waals surface area (Å²) in [5, 5.41) is 27.6. The van der Waals surface area contributed by atoms with Crippen molar-refractivity contribution in [1.29, 1.82) is 0 Å². The van der Waals surface area contributed by atoms with E-state index in [1.807, 2.05) is 0 Å². The van der Waals surface area contributed by atoms with Gasteiger partial charge in [0.2, 0.25) is 0 Å². The van der Waals surface area contributed by atoms with Crippen LogP contribution in [0.5, 0.6) is 0 Å². The summed E-state index contributed by atoms with van der Waals surface area (Å²) in [6, 6.07) is 0. The largest absolute Gasteiger partial charge is 0.392 e. The Morgan fingerprint density at radius 2 is 1.67 bits per heavy atom. The minimum Gasteiger partial charge on any atom is -0.392 e. The van der Waals surface area contributed by atoms with E-state index in [4.69, 9.17) is 5.11 Å². The van der Waals surface area contributed by atoms with Crippen molar-refractivity contribution >= 4 is 11.6 Å². The van der Waals surface area contributed by atoms with Crippen LogP contribution in [0.1, 0.15) is 26.7 Å². The number of hydrogen-bond acceptors (Lipinski definition) is 7. The van der Waals surface area contributed by atoms with Crippen molar-refractivity contribution in [1.82, 2.24) is 0 Å². The second-order valence-electron chi connectivity index (χ2n) is 4.71. The molecule has 1 aliphatic rings. The number of rotatable bonds is 7. The first-order chi connectivity index (χ1) is 9.83. The zero-order chi connectivity index (χ0) is 16.2. The smallest absolute Gasteiger partial charge is 0.294 e. The van der Waals surface area contributed by atoms with E-state index in [2.05, 4.69) is 4.84 Å². The van der Waals surface area contributed by atoms with E-state index >= 15 is 0 Å². The van der Waals surface area contributed by atoms with E-state index < -0.39 is 36.0 Å². The molecular weight excluding hydrogens is 282 g/mol. The molecule has 0 saturated heterocycles. The lowest BCUT2D eigenvalue weighted by Crippen LogP contribution is -2.27. The average molecular weight is 299 g/mol. The summed E-state index contributed by atoms with van der Waals surface area (Å²) in [6.07, 6.45) is -0.419. The van der Waals surface area contributed by atoms with Crippen LogP contribution in [0.25, 0.3) is 0 Å². The third-order valence-electron chi connectivity index (χ3n) is 3.36. The van der Waals surface area contributed by atoms with Crippen LogP contribution in [0.2, 0.25) is 0 Å². The van der Waals surface area contributed by atoms with Crippen LogP contribution in [-0.4, -0.2) is 46.2 Å². The van der Waals surface area contributed by atoms with E-state index in [-0.39, 0.29) is 35.1 Å². The molecule has 0 fully saturated rings. The average Bonchev–Trinajstić information content (AvgIpc) is 2.41. The molecule has 8 nitrogen and oxygen atoms in total. The molecule has 0 aromatic rings. The zero-order valence-corrected chi connectivity index (χ0v) is 11.8. The first-order valence-electron chi connectivity index (χ1n) is 6.37. The number of aliphatic hydroxyl groups excluding tert-OH is 2. The minimum absolute atomic E-state index is 0.0988. The SMILES string of the molecule is CC1=C(CCC(C)O[N+](=O)[O-])C(=O)C(CO)=C(CO)C1=O. The lowest BCUT2D eigenvalue weighted by atomic mass is 9.83. The molecule has 0 saturated carbocycles. The molecule has 0 spiro atoms. The number of carbonyl (C=O) groups excluding carboxylic acids is 2. The number of aliphatic hydroxyl groups is 2. The van der Waals surface area contributed by atoms with Crippen molar-refractivity contribution in [3.63, 3.8) is 0 Å². The molecule has 0 aromatic carbocycles. The number of carbonyl (C=O) groups is 2. The van der Waals surface area contributed by atoms with Crippen molar-refractivity contribution in [2.24, 2.45) is 0 Å². The Morgan fingerprint density at radius 1 is 1.14 bits per heavy atom. The number of nitrogens with zero attached hydrogens (tertiary/aromatic N) is 1. The van der Waals surface area contributed by atoms with Gasteiger partial charge in [0.25, 0.3) is 5.09 Å². The van der Waals surface area contributed by atoms with Crippen LogP contribution in [0.4, 0.5) is 0 Å². The van der Waals surface area contributed by atoms with Crippen LogP contribution < -0.4 is 0 Å². The van der Waals surface area contributed by atoms with Crippen LogP contribution in [0.3, 0.4) is 0 Å². The van der Waals surface area contributed by atoms with Gasteiger partial charge < -0.3 is 15.1 Å². The first-order valence-corrected chi connectivity index (χ1v) is 6.37. The topological polar surface area (TPSA) is 127 Å². The predicted octanol–water partition coefficient (Wildman–Crippen LogP) is 0.113. The van der Waals surface area contributed by atoms with E-state index in [0.29, 0.717) is 0 Å². The van der Waals surface area contributed by atoms with Gasteiger partial charge in [0, 0.05) is 22.3 Å². The monoisotopic (exact) mass is 299 g/mol. The van der Waals surface area contributed by atoms with Gasteiger partial charge in [0.15, 0.2) is 11.6 Å². The maximum Gasteiger partial charge on any atom is 0.294 e. The number of allylic oxidation sites excluding steroid dienone is 2. The van der Waals surface area contributed by atoms with Gasteiger partial charge in [-0.3, -0.25) is 9.59 Å². The highest BCUT2D eigenvalue weighted by atomic mass is 17.0. The molecule has 2 N–H and O–H groups in total. The summed E-state index contributed by atoms with van der Waals surface area (Å²) in [5.41, 5.74) is 0.166. The van der Waals surface area contributed by atoms with Crippen molar-refractivity contribution in [3.8, 4) is 0 Å². The van der Waals surface area contributed by atoms with E-state index in [1.54, 1.807) is 0 Å². The lowest BCUT2D eigenvalue weighted by Gasteiger charge is -2.21. The highest BCUT2D eigenvalue weighted by molar-refractivity contribution is 6.25. The number of hydrogen-bond donors (Lipinski definition) is 2. The molecule has 0 heterocycles. The van der Waals surface area contributed by atoms with Crippen molar-refractivity contribution in [2.45, 2.75) is 32.8 Å².